The Balaban J connectivity index is 0.00000225. The van der Waals surface area contributed by atoms with E-state index in [0.29, 0.717) is 25.2 Å². The van der Waals surface area contributed by atoms with Gasteiger partial charge >= 0.3 is 0 Å². The summed E-state index contributed by atoms with van der Waals surface area (Å²) in [5.74, 6) is 0.197. The van der Waals surface area contributed by atoms with E-state index in [-0.39, 0.29) is 34.4 Å². The number of sulfonamides is 1. The van der Waals surface area contributed by atoms with Gasteiger partial charge in [-0.05, 0) is 24.1 Å². The van der Waals surface area contributed by atoms with Gasteiger partial charge in [0, 0.05) is 24.4 Å². The van der Waals surface area contributed by atoms with Crippen LogP contribution in [0.15, 0.2) is 46.0 Å². The van der Waals surface area contributed by atoms with Gasteiger partial charge in [0.2, 0.25) is 10.0 Å². The van der Waals surface area contributed by atoms with Crippen LogP contribution in [0.3, 0.4) is 0 Å². The van der Waals surface area contributed by atoms with E-state index in [2.05, 4.69) is 0 Å². The normalized spacial score (nSPS) is 20.3. The zero-order valence-electron chi connectivity index (χ0n) is 13.4. The zero-order chi connectivity index (χ0) is 17.3. The average Bonchev–Trinajstić information content (AvgIpc) is 3.22. The van der Waals surface area contributed by atoms with Crippen molar-refractivity contribution >= 4 is 39.7 Å². The second kappa shape index (κ2) is 7.84. The maximum atomic E-state index is 12.7. The van der Waals surface area contributed by atoms with Gasteiger partial charge in [-0.25, -0.2) is 13.6 Å². The molecular weight excluding hydrogens is 382 g/mol. The number of carbonyl (C=O) groups is 1. The molecule has 0 bridgehead atoms. The summed E-state index contributed by atoms with van der Waals surface area (Å²) in [7, 11) is -3.78. The zero-order valence-corrected chi connectivity index (χ0v) is 15.8. The van der Waals surface area contributed by atoms with E-state index in [1.54, 1.807) is 4.90 Å². The lowest BCUT2D eigenvalue weighted by Gasteiger charge is -2.16. The molecule has 1 aliphatic heterocycles. The molecule has 1 amide bonds. The average molecular weight is 402 g/mol. The number of hydrogen-bond donors (Lipinski definition) is 2. The molecule has 0 aliphatic carbocycles. The molecule has 2 heterocycles. The Morgan fingerprint density at radius 3 is 2.48 bits per heavy atom. The summed E-state index contributed by atoms with van der Waals surface area (Å²) in [5, 5.41) is 6.64. The van der Waals surface area contributed by atoms with Gasteiger partial charge in [0.1, 0.15) is 4.21 Å². The highest BCUT2D eigenvalue weighted by Gasteiger charge is 2.36. The first-order valence-corrected chi connectivity index (χ1v) is 9.98. The first kappa shape index (κ1) is 19.9. The summed E-state index contributed by atoms with van der Waals surface area (Å²) in [6.07, 6.45) is 0. The number of thiophene rings is 1. The third kappa shape index (κ3) is 4.21. The smallest absolute Gasteiger partial charge is 0.254 e. The topological polar surface area (TPSA) is 106 Å². The molecule has 1 aromatic carbocycles. The molecule has 0 spiro atoms. The van der Waals surface area contributed by atoms with Crippen LogP contribution >= 0.6 is 23.7 Å². The number of benzene rings is 1. The number of halogens is 1. The summed E-state index contributed by atoms with van der Waals surface area (Å²) < 4.78 is 22.7. The Bertz CT molecular complexity index is 839. The molecule has 1 aliphatic rings. The number of rotatable bonds is 4. The maximum absolute atomic E-state index is 12.7. The van der Waals surface area contributed by atoms with Crippen LogP contribution in [0.4, 0.5) is 0 Å². The van der Waals surface area contributed by atoms with E-state index in [0.717, 1.165) is 11.3 Å². The van der Waals surface area contributed by atoms with Crippen molar-refractivity contribution in [3.05, 3.63) is 52.9 Å². The minimum atomic E-state index is -3.78. The van der Waals surface area contributed by atoms with Crippen molar-refractivity contribution in [3.63, 3.8) is 0 Å². The number of carbonyl (C=O) groups excluding carboxylic acids is 1. The van der Waals surface area contributed by atoms with E-state index in [4.69, 9.17) is 10.9 Å². The number of primary sulfonamides is 1. The van der Waals surface area contributed by atoms with Crippen LogP contribution in [0.25, 0.3) is 0 Å². The molecule has 25 heavy (non-hydrogen) atoms. The fourth-order valence-electron chi connectivity index (χ4n) is 3.11. The highest BCUT2D eigenvalue weighted by Crippen LogP contribution is 2.33. The molecule has 0 unspecified atom stereocenters. The van der Waals surface area contributed by atoms with Crippen LogP contribution in [0.2, 0.25) is 0 Å². The Morgan fingerprint density at radius 2 is 1.92 bits per heavy atom. The van der Waals surface area contributed by atoms with Crippen LogP contribution in [-0.2, 0) is 10.0 Å². The maximum Gasteiger partial charge on any atom is 0.254 e. The Labute approximate surface area is 157 Å². The number of likely N-dealkylation sites (tertiary alicyclic amines) is 1. The first-order chi connectivity index (χ1) is 11.4. The lowest BCUT2D eigenvalue weighted by atomic mass is 9.89. The van der Waals surface area contributed by atoms with E-state index in [1.807, 2.05) is 30.3 Å². The van der Waals surface area contributed by atoms with Gasteiger partial charge in [0.25, 0.3) is 5.91 Å². The van der Waals surface area contributed by atoms with Gasteiger partial charge < -0.3 is 10.6 Å². The molecule has 4 N–H and O–H groups in total. The second-order valence-electron chi connectivity index (χ2n) is 5.92. The van der Waals surface area contributed by atoms with Crippen molar-refractivity contribution in [1.29, 1.82) is 0 Å². The molecule has 1 aromatic heterocycles. The summed E-state index contributed by atoms with van der Waals surface area (Å²) in [6, 6.07) is 11.3. The Hall–Kier alpha value is -1.45. The van der Waals surface area contributed by atoms with E-state index in [1.165, 1.54) is 17.0 Å². The molecule has 2 atom stereocenters. The second-order valence-corrected chi connectivity index (χ2v) is 8.62. The molecular formula is C16H20ClN3O3S2. The highest BCUT2D eigenvalue weighted by atomic mass is 35.5. The fraction of sp³-hybridized carbons (Fsp3) is 0.312. The van der Waals surface area contributed by atoms with Crippen molar-refractivity contribution in [2.24, 2.45) is 16.8 Å². The van der Waals surface area contributed by atoms with Gasteiger partial charge in [0.15, 0.2) is 0 Å². The minimum absolute atomic E-state index is 0. The molecule has 0 radical (unpaired) electrons. The van der Waals surface area contributed by atoms with Crippen LogP contribution in [0.5, 0.6) is 0 Å². The molecule has 3 rings (SSSR count). The lowest BCUT2D eigenvalue weighted by Crippen LogP contribution is -2.29. The third-order valence-corrected chi connectivity index (χ3v) is 6.75. The standard InChI is InChI=1S/C16H19N3O3S2.ClH/c17-7-13-8-19(9-14(13)11-4-2-1-3-5-11)16(20)12-6-15(23-10-12)24(18,21)22;/h1-6,10,13-14H,7-9,17H2,(H2,18,21,22);1H/t13-,14+;/m1./s1. The van der Waals surface area contributed by atoms with Crippen molar-refractivity contribution in [2.45, 2.75) is 10.1 Å². The Kier molecular flexibility index (Phi) is 6.23. The fourth-order valence-corrected chi connectivity index (χ4v) is 4.69. The van der Waals surface area contributed by atoms with E-state index in [9.17, 15) is 13.2 Å². The number of nitrogens with zero attached hydrogens (tertiary/aromatic N) is 1. The summed E-state index contributed by atoms with van der Waals surface area (Å²) in [4.78, 5) is 14.4. The van der Waals surface area contributed by atoms with Crippen molar-refractivity contribution < 1.29 is 13.2 Å². The van der Waals surface area contributed by atoms with Crippen molar-refractivity contribution in [3.8, 4) is 0 Å². The van der Waals surface area contributed by atoms with Gasteiger partial charge in [-0.15, -0.1) is 23.7 Å². The van der Waals surface area contributed by atoms with Crippen LogP contribution in [0, 0.1) is 5.92 Å². The molecule has 0 saturated carbocycles. The van der Waals surface area contributed by atoms with Gasteiger partial charge in [-0.2, -0.15) is 0 Å². The molecule has 1 fully saturated rings. The van der Waals surface area contributed by atoms with Gasteiger partial charge in [-0.3, -0.25) is 4.79 Å². The molecule has 6 nitrogen and oxygen atoms in total. The number of amides is 1. The summed E-state index contributed by atoms with van der Waals surface area (Å²) >= 11 is 0.962. The van der Waals surface area contributed by atoms with Crippen LogP contribution < -0.4 is 10.9 Å². The van der Waals surface area contributed by atoms with E-state index >= 15 is 0 Å². The predicted octanol–water partition coefficient (Wildman–Crippen LogP) is 1.63. The van der Waals surface area contributed by atoms with Crippen molar-refractivity contribution in [1.82, 2.24) is 4.90 Å². The first-order valence-electron chi connectivity index (χ1n) is 7.55. The largest absolute Gasteiger partial charge is 0.338 e. The molecule has 9 heteroatoms. The van der Waals surface area contributed by atoms with E-state index < -0.39 is 10.0 Å². The summed E-state index contributed by atoms with van der Waals surface area (Å²) in [6.45, 7) is 1.64. The van der Waals surface area contributed by atoms with Gasteiger partial charge in [-0.1, -0.05) is 30.3 Å². The monoisotopic (exact) mass is 401 g/mol. The minimum Gasteiger partial charge on any atom is -0.338 e. The SMILES string of the molecule is Cl.NC[C@@H]1CN(C(=O)c2csc(S(N)(=O)=O)c2)C[C@H]1c1ccccc1. The molecule has 136 valence electrons. The van der Waals surface area contributed by atoms with Gasteiger partial charge in [0.05, 0.1) is 5.56 Å². The summed E-state index contributed by atoms with van der Waals surface area (Å²) in [5.41, 5.74) is 7.41. The van der Waals surface area contributed by atoms with Crippen LogP contribution in [-0.4, -0.2) is 38.9 Å². The number of hydrogen-bond acceptors (Lipinski definition) is 5. The molecule has 2 aromatic rings. The third-order valence-electron chi connectivity index (χ3n) is 4.36. The van der Waals surface area contributed by atoms with Crippen LogP contribution in [0.1, 0.15) is 21.8 Å². The van der Waals surface area contributed by atoms with Crippen molar-refractivity contribution in [2.75, 3.05) is 19.6 Å². The highest BCUT2D eigenvalue weighted by molar-refractivity contribution is 7.91. The lowest BCUT2D eigenvalue weighted by molar-refractivity contribution is 0.0787. The Morgan fingerprint density at radius 1 is 1.24 bits per heavy atom. The number of nitrogens with two attached hydrogens (primary N) is 2. The molecule has 1 saturated heterocycles. The quantitative estimate of drug-likeness (QED) is 0.811. The predicted molar refractivity (Wildman–Crippen MR) is 101 cm³/mol.